The number of phosphoric ester groups is 2. The van der Waals surface area contributed by atoms with Crippen molar-refractivity contribution < 1.29 is 80.2 Å². The van der Waals surface area contributed by atoms with E-state index in [9.17, 15) is 43.2 Å². The molecule has 0 radical (unpaired) electrons. The number of hydrogen-bond donors (Lipinski definition) is 3. The molecule has 6 atom stereocenters. The van der Waals surface area contributed by atoms with E-state index in [0.717, 1.165) is 102 Å². The highest BCUT2D eigenvalue weighted by atomic mass is 31.2. The Kier molecular flexibility index (Phi) is 67.4. The molecule has 0 spiro atoms. The molecule has 0 aromatic rings. The van der Waals surface area contributed by atoms with E-state index < -0.39 is 97.5 Å². The van der Waals surface area contributed by atoms with Gasteiger partial charge in [0.05, 0.1) is 26.4 Å². The van der Waals surface area contributed by atoms with Gasteiger partial charge in [0, 0.05) is 25.7 Å². The lowest BCUT2D eigenvalue weighted by Crippen LogP contribution is -2.30. The van der Waals surface area contributed by atoms with Gasteiger partial charge in [-0.05, 0) is 37.5 Å². The van der Waals surface area contributed by atoms with Crippen molar-refractivity contribution in [2.24, 2.45) is 11.8 Å². The molecule has 570 valence electrons. The predicted octanol–water partition coefficient (Wildman–Crippen LogP) is 22.7. The Morgan fingerprint density at radius 1 is 0.302 bits per heavy atom. The highest BCUT2D eigenvalue weighted by molar-refractivity contribution is 7.47. The maximum absolute atomic E-state index is 13.1. The topological polar surface area (TPSA) is 237 Å². The van der Waals surface area contributed by atoms with Crippen LogP contribution in [-0.4, -0.2) is 96.7 Å². The molecule has 3 unspecified atom stereocenters. The van der Waals surface area contributed by atoms with Gasteiger partial charge in [0.15, 0.2) is 12.2 Å². The fourth-order valence-electron chi connectivity index (χ4n) is 11.8. The summed E-state index contributed by atoms with van der Waals surface area (Å²) < 4.78 is 68.6. The van der Waals surface area contributed by atoms with Gasteiger partial charge in [-0.25, -0.2) is 9.13 Å². The van der Waals surface area contributed by atoms with Crippen molar-refractivity contribution in [1.29, 1.82) is 0 Å². The normalized spacial score (nSPS) is 14.3. The number of carbonyl (C=O) groups is 4. The maximum atomic E-state index is 13.1. The maximum Gasteiger partial charge on any atom is 0.472 e. The van der Waals surface area contributed by atoms with Crippen molar-refractivity contribution in [3.05, 3.63) is 0 Å². The SMILES string of the molecule is CCCCCCCCCCCCCCCCCCCCC(=O)O[C@H](COC(=O)CCCCCCCCCCCCCCC(C)C)COP(=O)(O)OC[C@@H](O)COP(=O)(O)OC[C@@H](COC(=O)CCCCCCCCCCCCC)OC(=O)CCCCCCCCCCC(C)CC. The molecule has 96 heavy (non-hydrogen) atoms. The number of unbranched alkanes of at least 4 members (excludes halogenated alkanes) is 45. The van der Waals surface area contributed by atoms with Crippen molar-refractivity contribution in [3.63, 3.8) is 0 Å². The van der Waals surface area contributed by atoms with E-state index in [4.69, 9.17) is 37.0 Å². The minimum atomic E-state index is -4.96. The molecule has 0 aromatic heterocycles. The van der Waals surface area contributed by atoms with Gasteiger partial charge in [-0.3, -0.25) is 37.3 Å². The molecule has 0 aliphatic heterocycles. The Labute approximate surface area is 588 Å². The van der Waals surface area contributed by atoms with E-state index in [1.54, 1.807) is 0 Å². The third-order valence-corrected chi connectivity index (χ3v) is 20.2. The zero-order valence-corrected chi connectivity index (χ0v) is 64.5. The summed E-state index contributed by atoms with van der Waals surface area (Å²) >= 11 is 0. The molecule has 3 N–H and O–H groups in total. The van der Waals surface area contributed by atoms with Gasteiger partial charge < -0.3 is 33.8 Å². The second kappa shape index (κ2) is 68.8. The molecule has 0 heterocycles. The van der Waals surface area contributed by atoms with Gasteiger partial charge in [-0.1, -0.05) is 350 Å². The molecule has 17 nitrogen and oxygen atoms in total. The van der Waals surface area contributed by atoms with Crippen molar-refractivity contribution >= 4 is 39.5 Å². The first kappa shape index (κ1) is 94.1. The van der Waals surface area contributed by atoms with Crippen molar-refractivity contribution in [2.45, 2.75) is 419 Å². The number of phosphoric acid groups is 2. The van der Waals surface area contributed by atoms with Crippen LogP contribution in [0.1, 0.15) is 401 Å². The first-order valence-electron chi connectivity index (χ1n) is 40.0. The summed E-state index contributed by atoms with van der Waals surface area (Å²) in [5, 5.41) is 10.6. The second-order valence-electron chi connectivity index (χ2n) is 28.5. The predicted molar refractivity (Wildman–Crippen MR) is 391 cm³/mol. The number of aliphatic hydroxyl groups excluding tert-OH is 1. The van der Waals surface area contributed by atoms with Crippen LogP contribution in [-0.2, 0) is 65.4 Å². The van der Waals surface area contributed by atoms with Gasteiger partial charge in [-0.15, -0.1) is 0 Å². The second-order valence-corrected chi connectivity index (χ2v) is 31.4. The van der Waals surface area contributed by atoms with Gasteiger partial charge in [0.2, 0.25) is 0 Å². The van der Waals surface area contributed by atoms with Crippen LogP contribution in [0.15, 0.2) is 0 Å². The number of ether oxygens (including phenoxy) is 4. The smallest absolute Gasteiger partial charge is 0.462 e. The number of aliphatic hydroxyl groups is 1. The van der Waals surface area contributed by atoms with Crippen LogP contribution >= 0.6 is 15.6 Å². The summed E-state index contributed by atoms with van der Waals surface area (Å²) in [6.45, 7) is 9.61. The zero-order chi connectivity index (χ0) is 70.7. The van der Waals surface area contributed by atoms with E-state index in [-0.39, 0.29) is 25.7 Å². The average molecular weight is 1410 g/mol. The third kappa shape index (κ3) is 69.2. The van der Waals surface area contributed by atoms with Gasteiger partial charge >= 0.3 is 39.5 Å². The van der Waals surface area contributed by atoms with Gasteiger partial charge in [0.1, 0.15) is 19.3 Å². The van der Waals surface area contributed by atoms with Crippen LogP contribution in [0.3, 0.4) is 0 Å². The Morgan fingerprint density at radius 2 is 0.531 bits per heavy atom. The summed E-state index contributed by atoms with van der Waals surface area (Å²) in [6.07, 6.45) is 56.7. The highest BCUT2D eigenvalue weighted by Gasteiger charge is 2.30. The number of hydrogen-bond acceptors (Lipinski definition) is 15. The van der Waals surface area contributed by atoms with Crippen LogP contribution in [0, 0.1) is 11.8 Å². The molecule has 19 heteroatoms. The molecule has 0 fully saturated rings. The molecule has 0 saturated heterocycles. The summed E-state index contributed by atoms with van der Waals surface area (Å²) in [6, 6.07) is 0. The lowest BCUT2D eigenvalue weighted by molar-refractivity contribution is -0.161. The van der Waals surface area contributed by atoms with E-state index in [2.05, 4.69) is 41.5 Å². The van der Waals surface area contributed by atoms with Crippen molar-refractivity contribution in [1.82, 2.24) is 0 Å². The third-order valence-electron chi connectivity index (χ3n) is 18.3. The van der Waals surface area contributed by atoms with Crippen LogP contribution in [0.2, 0.25) is 0 Å². The Morgan fingerprint density at radius 3 is 0.792 bits per heavy atom. The molecule has 0 aliphatic carbocycles. The summed E-state index contributed by atoms with van der Waals surface area (Å²) in [7, 11) is -9.91. The molecule has 0 aromatic carbocycles. The van der Waals surface area contributed by atoms with Crippen molar-refractivity contribution in [2.75, 3.05) is 39.6 Å². The Bertz CT molecular complexity index is 1860. The molecule has 0 aliphatic rings. The Hall–Kier alpha value is -1.94. The first-order chi connectivity index (χ1) is 46.4. The molecule has 0 bridgehead atoms. The fourth-order valence-corrected chi connectivity index (χ4v) is 13.4. The Balaban J connectivity index is 5.25. The molecule has 0 saturated carbocycles. The lowest BCUT2D eigenvalue weighted by Gasteiger charge is -2.21. The number of rotatable bonds is 76. The van der Waals surface area contributed by atoms with E-state index >= 15 is 0 Å². The minimum absolute atomic E-state index is 0.105. The van der Waals surface area contributed by atoms with E-state index in [1.807, 2.05) is 0 Å². The van der Waals surface area contributed by atoms with Gasteiger partial charge in [-0.2, -0.15) is 0 Å². The lowest BCUT2D eigenvalue weighted by atomic mass is 9.99. The van der Waals surface area contributed by atoms with Gasteiger partial charge in [0.25, 0.3) is 0 Å². The molecular formula is C77H150O17P2. The first-order valence-corrected chi connectivity index (χ1v) is 43.0. The van der Waals surface area contributed by atoms with Crippen LogP contribution in [0.4, 0.5) is 0 Å². The summed E-state index contributed by atoms with van der Waals surface area (Å²) in [5.41, 5.74) is 0. The minimum Gasteiger partial charge on any atom is -0.462 e. The van der Waals surface area contributed by atoms with E-state index in [0.29, 0.717) is 25.7 Å². The van der Waals surface area contributed by atoms with Crippen LogP contribution in [0.25, 0.3) is 0 Å². The summed E-state index contributed by atoms with van der Waals surface area (Å²) in [4.78, 5) is 72.9. The standard InChI is InChI=1S/C77H150O17P2/c1-7-10-12-14-16-18-20-21-22-23-24-25-26-32-36-43-49-55-61-76(81)93-72(65-88-75(80)60-54-48-42-35-31-28-27-30-33-39-45-51-57-69(4)5)67-91-95(83,84)89-63-71(78)64-90-96(85,86)92-68-73(66-87-74(79)59-53-47-41-34-29-19-17-15-13-11-8-2)94-77(82)62-56-50-44-38-37-40-46-52-58-70(6)9-3/h69-73,78H,7-68H2,1-6H3,(H,83,84)(H,85,86)/t70?,71-,72-,73-/m1/s1. The highest BCUT2D eigenvalue weighted by Crippen LogP contribution is 2.45. The van der Waals surface area contributed by atoms with Crippen LogP contribution in [0.5, 0.6) is 0 Å². The number of esters is 4. The fraction of sp³-hybridized carbons (Fsp3) is 0.948. The number of carbonyl (C=O) groups excluding carboxylic acids is 4. The molecule has 0 rings (SSSR count). The molecular weight excluding hydrogens is 1260 g/mol. The monoisotopic (exact) mass is 1410 g/mol. The largest absolute Gasteiger partial charge is 0.472 e. The zero-order valence-electron chi connectivity index (χ0n) is 62.7. The average Bonchev–Trinajstić information content (AvgIpc) is 1.15. The van der Waals surface area contributed by atoms with Crippen LogP contribution < -0.4 is 0 Å². The van der Waals surface area contributed by atoms with Crippen molar-refractivity contribution in [3.8, 4) is 0 Å². The quantitative estimate of drug-likeness (QED) is 0.0222. The van der Waals surface area contributed by atoms with E-state index in [1.165, 1.54) is 218 Å². The molecule has 0 amide bonds. The summed E-state index contributed by atoms with van der Waals surface area (Å²) in [5.74, 6) is -0.563.